The Morgan fingerprint density at radius 3 is 2.96 bits per heavy atom. The van der Waals surface area contributed by atoms with Crippen LogP contribution in [0.2, 0.25) is 0 Å². The predicted molar refractivity (Wildman–Crippen MR) is 91.1 cm³/mol. The molecule has 1 aliphatic heterocycles. The van der Waals surface area contributed by atoms with Crippen LogP contribution in [0.4, 0.5) is 4.79 Å². The number of fused-ring (bicyclic) bond motifs is 1. The fourth-order valence-corrected chi connectivity index (χ4v) is 3.39. The van der Waals surface area contributed by atoms with Crippen LogP contribution in [-0.2, 0) is 11.3 Å². The van der Waals surface area contributed by atoms with Crippen molar-refractivity contribution in [2.75, 3.05) is 13.1 Å². The SMILES string of the molecule is CC(C)(C)OC(=O)N1CCC(Cn2nnc3cccc(Br)c32)C1. The number of nitrogens with zero attached hydrogens (tertiary/aromatic N) is 4. The molecule has 3 rings (SSSR count). The number of carbonyl (C=O) groups is 1. The number of para-hydroxylation sites is 1. The van der Waals surface area contributed by atoms with Gasteiger partial charge in [0.05, 0.1) is 0 Å². The van der Waals surface area contributed by atoms with Crippen LogP contribution < -0.4 is 0 Å². The highest BCUT2D eigenvalue weighted by Gasteiger charge is 2.30. The molecule has 124 valence electrons. The zero-order chi connectivity index (χ0) is 16.6. The van der Waals surface area contributed by atoms with E-state index in [1.165, 1.54) is 0 Å². The number of likely N-dealkylation sites (tertiary alicyclic amines) is 1. The summed E-state index contributed by atoms with van der Waals surface area (Å²) in [5, 5.41) is 8.45. The number of ether oxygens (including phenoxy) is 1. The number of carbonyl (C=O) groups excluding carboxylic acids is 1. The highest BCUT2D eigenvalue weighted by molar-refractivity contribution is 9.10. The molecule has 2 aromatic rings. The number of hydrogen-bond acceptors (Lipinski definition) is 4. The van der Waals surface area contributed by atoms with E-state index in [9.17, 15) is 4.79 Å². The van der Waals surface area contributed by atoms with Gasteiger partial charge >= 0.3 is 6.09 Å². The van der Waals surface area contributed by atoms with E-state index in [-0.39, 0.29) is 6.09 Å². The minimum Gasteiger partial charge on any atom is -0.444 e. The highest BCUT2D eigenvalue weighted by atomic mass is 79.9. The van der Waals surface area contributed by atoms with Crippen LogP contribution in [0.25, 0.3) is 11.0 Å². The van der Waals surface area contributed by atoms with E-state index < -0.39 is 5.60 Å². The molecule has 2 heterocycles. The molecule has 1 saturated heterocycles. The van der Waals surface area contributed by atoms with Crippen LogP contribution in [0.5, 0.6) is 0 Å². The normalized spacial score (nSPS) is 18.6. The van der Waals surface area contributed by atoms with Gasteiger partial charge in [0.15, 0.2) is 0 Å². The number of benzene rings is 1. The van der Waals surface area contributed by atoms with E-state index in [0.717, 1.165) is 35.0 Å². The van der Waals surface area contributed by atoms with E-state index in [0.29, 0.717) is 12.5 Å². The van der Waals surface area contributed by atoms with Crippen LogP contribution in [0.3, 0.4) is 0 Å². The van der Waals surface area contributed by atoms with Crippen LogP contribution in [0, 0.1) is 5.92 Å². The monoisotopic (exact) mass is 380 g/mol. The van der Waals surface area contributed by atoms with Crippen molar-refractivity contribution in [1.29, 1.82) is 0 Å². The topological polar surface area (TPSA) is 60.2 Å². The molecule has 1 fully saturated rings. The van der Waals surface area contributed by atoms with Crippen molar-refractivity contribution in [3.05, 3.63) is 22.7 Å². The molecule has 0 bridgehead atoms. The molecule has 1 unspecified atom stereocenters. The molecule has 1 aromatic heterocycles. The van der Waals surface area contributed by atoms with E-state index in [1.807, 2.05) is 43.7 Å². The minimum atomic E-state index is -0.456. The minimum absolute atomic E-state index is 0.232. The lowest BCUT2D eigenvalue weighted by Gasteiger charge is -2.24. The van der Waals surface area contributed by atoms with Crippen molar-refractivity contribution in [2.45, 2.75) is 39.3 Å². The van der Waals surface area contributed by atoms with Gasteiger partial charge in [-0.3, -0.25) is 0 Å². The average molecular weight is 381 g/mol. The molecule has 0 saturated carbocycles. The Bertz CT molecular complexity index is 722. The second-order valence-electron chi connectivity index (χ2n) is 6.96. The standard InChI is InChI=1S/C16H21BrN4O2/c1-16(2,3)23-15(22)20-8-7-11(9-20)10-21-14-12(17)5-4-6-13(14)18-19-21/h4-6,11H,7-10H2,1-3H3. The number of hydrogen-bond donors (Lipinski definition) is 0. The van der Waals surface area contributed by atoms with E-state index in [4.69, 9.17) is 4.74 Å². The summed E-state index contributed by atoms with van der Waals surface area (Å²) >= 11 is 3.56. The Morgan fingerprint density at radius 2 is 2.22 bits per heavy atom. The quantitative estimate of drug-likeness (QED) is 0.800. The lowest BCUT2D eigenvalue weighted by molar-refractivity contribution is 0.0287. The summed E-state index contributed by atoms with van der Waals surface area (Å²) in [6.45, 7) is 7.83. The Hall–Kier alpha value is -1.63. The molecule has 1 atom stereocenters. The number of amides is 1. The van der Waals surface area contributed by atoms with Gasteiger partial charge in [0.2, 0.25) is 0 Å². The van der Waals surface area contributed by atoms with E-state index >= 15 is 0 Å². The van der Waals surface area contributed by atoms with Gasteiger partial charge in [-0.15, -0.1) is 5.10 Å². The molecule has 1 aromatic carbocycles. The number of rotatable bonds is 2. The van der Waals surface area contributed by atoms with Gasteiger partial charge in [0, 0.05) is 24.1 Å². The molecule has 6 nitrogen and oxygen atoms in total. The maximum atomic E-state index is 12.1. The molecule has 0 radical (unpaired) electrons. The molecule has 0 N–H and O–H groups in total. The number of halogens is 1. The smallest absolute Gasteiger partial charge is 0.410 e. The Labute approximate surface area is 143 Å². The largest absolute Gasteiger partial charge is 0.444 e. The first-order valence-corrected chi connectivity index (χ1v) is 8.58. The second kappa shape index (κ2) is 6.11. The molecular weight excluding hydrogens is 360 g/mol. The zero-order valence-electron chi connectivity index (χ0n) is 13.6. The van der Waals surface area contributed by atoms with Crippen molar-refractivity contribution in [3.63, 3.8) is 0 Å². The van der Waals surface area contributed by atoms with Crippen molar-refractivity contribution in [2.24, 2.45) is 5.92 Å². The van der Waals surface area contributed by atoms with Crippen molar-refractivity contribution >= 4 is 33.1 Å². The molecule has 0 aliphatic carbocycles. The van der Waals surface area contributed by atoms with Crippen molar-refractivity contribution in [3.8, 4) is 0 Å². The maximum Gasteiger partial charge on any atom is 0.410 e. The Morgan fingerprint density at radius 1 is 1.43 bits per heavy atom. The fourth-order valence-electron chi connectivity index (χ4n) is 2.83. The molecular formula is C16H21BrN4O2. The molecule has 1 aliphatic rings. The van der Waals surface area contributed by atoms with Crippen LogP contribution in [-0.4, -0.2) is 44.7 Å². The van der Waals surface area contributed by atoms with Gasteiger partial charge in [-0.2, -0.15) is 0 Å². The van der Waals surface area contributed by atoms with Gasteiger partial charge in [-0.05, 0) is 61.2 Å². The highest BCUT2D eigenvalue weighted by Crippen LogP contribution is 2.25. The number of aromatic nitrogens is 3. The van der Waals surface area contributed by atoms with Crippen molar-refractivity contribution < 1.29 is 9.53 Å². The van der Waals surface area contributed by atoms with Gasteiger partial charge < -0.3 is 9.64 Å². The third-order valence-electron chi connectivity index (χ3n) is 3.85. The zero-order valence-corrected chi connectivity index (χ0v) is 15.2. The van der Waals surface area contributed by atoms with Gasteiger partial charge in [-0.25, -0.2) is 9.48 Å². The van der Waals surface area contributed by atoms with Crippen LogP contribution in [0.1, 0.15) is 27.2 Å². The van der Waals surface area contributed by atoms with Crippen LogP contribution >= 0.6 is 15.9 Å². The molecule has 7 heteroatoms. The lowest BCUT2D eigenvalue weighted by Crippen LogP contribution is -2.35. The Balaban J connectivity index is 1.67. The summed E-state index contributed by atoms with van der Waals surface area (Å²) in [6, 6.07) is 5.89. The third kappa shape index (κ3) is 3.65. The first kappa shape index (κ1) is 16.2. The summed E-state index contributed by atoms with van der Waals surface area (Å²) in [5.41, 5.74) is 1.42. The van der Waals surface area contributed by atoms with E-state index in [2.05, 4.69) is 26.2 Å². The third-order valence-corrected chi connectivity index (χ3v) is 4.49. The first-order valence-electron chi connectivity index (χ1n) is 7.79. The van der Waals surface area contributed by atoms with Crippen molar-refractivity contribution in [1.82, 2.24) is 19.9 Å². The second-order valence-corrected chi connectivity index (χ2v) is 7.81. The van der Waals surface area contributed by atoms with E-state index in [1.54, 1.807) is 4.90 Å². The summed E-state index contributed by atoms with van der Waals surface area (Å²) < 4.78 is 8.35. The van der Waals surface area contributed by atoms with Gasteiger partial charge in [0.25, 0.3) is 0 Å². The molecule has 23 heavy (non-hydrogen) atoms. The maximum absolute atomic E-state index is 12.1. The summed E-state index contributed by atoms with van der Waals surface area (Å²) in [6.07, 6.45) is 0.718. The average Bonchev–Trinajstić information content (AvgIpc) is 3.06. The summed E-state index contributed by atoms with van der Waals surface area (Å²) in [4.78, 5) is 13.9. The first-order chi connectivity index (χ1) is 10.8. The van der Waals surface area contributed by atoms with Crippen LogP contribution in [0.15, 0.2) is 22.7 Å². The van der Waals surface area contributed by atoms with Gasteiger partial charge in [-0.1, -0.05) is 11.3 Å². The fraction of sp³-hybridized carbons (Fsp3) is 0.562. The summed E-state index contributed by atoms with van der Waals surface area (Å²) in [7, 11) is 0. The predicted octanol–water partition coefficient (Wildman–Crippen LogP) is 3.45. The Kier molecular flexibility index (Phi) is 4.31. The summed E-state index contributed by atoms with van der Waals surface area (Å²) in [5.74, 6) is 0.361. The van der Waals surface area contributed by atoms with Gasteiger partial charge in [0.1, 0.15) is 16.6 Å². The molecule has 1 amide bonds. The lowest BCUT2D eigenvalue weighted by atomic mass is 10.1. The molecule has 0 spiro atoms.